The molecular formula is C9H19NO3S. The van der Waals surface area contributed by atoms with Crippen LogP contribution in [0, 0.1) is 0 Å². The van der Waals surface area contributed by atoms with Crippen molar-refractivity contribution in [3.63, 3.8) is 0 Å². The fraction of sp³-hybridized carbons (Fsp3) is 0.778. The molecule has 0 amide bonds. The van der Waals surface area contributed by atoms with E-state index in [4.69, 9.17) is 0 Å². The average molecular weight is 221 g/mol. The van der Waals surface area contributed by atoms with Crippen molar-refractivity contribution in [1.29, 1.82) is 0 Å². The predicted octanol–water partition coefficient (Wildman–Crippen LogP) is 1.08. The van der Waals surface area contributed by atoms with Crippen LogP contribution in [-0.2, 0) is 9.84 Å². The molecule has 0 aromatic carbocycles. The van der Waals surface area contributed by atoms with E-state index >= 15 is 0 Å². The largest absolute Gasteiger partial charge is 0.313 e. The lowest BCUT2D eigenvalue weighted by atomic mass is 10.1. The third kappa shape index (κ3) is 5.36. The number of hydroxylamine groups is 2. The second kappa shape index (κ2) is 4.91. The Labute approximate surface area is 86.1 Å². The molecule has 0 fully saturated rings. The van der Waals surface area contributed by atoms with E-state index in [0.29, 0.717) is 0 Å². The molecule has 0 spiro atoms. The lowest BCUT2D eigenvalue weighted by Gasteiger charge is -2.29. The van der Waals surface area contributed by atoms with Crippen LogP contribution in [0.15, 0.2) is 12.7 Å². The van der Waals surface area contributed by atoms with Gasteiger partial charge in [-0.3, -0.25) is 0 Å². The van der Waals surface area contributed by atoms with Crippen molar-refractivity contribution in [2.45, 2.75) is 26.3 Å². The first kappa shape index (κ1) is 13.6. The molecule has 0 aromatic rings. The fourth-order valence-electron chi connectivity index (χ4n) is 0.824. The Balaban J connectivity index is 4.13. The summed E-state index contributed by atoms with van der Waals surface area (Å²) < 4.78 is 22.5. The Hall–Kier alpha value is -0.390. The zero-order chi connectivity index (χ0) is 11.4. The van der Waals surface area contributed by atoms with Crippen LogP contribution >= 0.6 is 0 Å². The molecule has 4 nitrogen and oxygen atoms in total. The highest BCUT2D eigenvalue weighted by molar-refractivity contribution is 7.91. The quantitative estimate of drug-likeness (QED) is 0.557. The van der Waals surface area contributed by atoms with E-state index in [9.17, 15) is 13.6 Å². The standard InChI is InChI=1S/C9H19NO3S/c1-5-7-14(12,13)8-6-10(11)9(2,3)4/h5,11H,1,6-8H2,2-4H3. The van der Waals surface area contributed by atoms with Gasteiger partial charge in [-0.2, -0.15) is 5.06 Å². The molecule has 0 unspecified atom stereocenters. The van der Waals surface area contributed by atoms with E-state index in [2.05, 4.69) is 6.58 Å². The minimum atomic E-state index is -3.11. The Morgan fingerprint density at radius 1 is 1.43 bits per heavy atom. The molecule has 0 aromatic heterocycles. The summed E-state index contributed by atoms with van der Waals surface area (Å²) in [6.45, 7) is 8.93. The van der Waals surface area contributed by atoms with Gasteiger partial charge in [-0.25, -0.2) is 8.42 Å². The van der Waals surface area contributed by atoms with Crippen LogP contribution in [0.4, 0.5) is 0 Å². The van der Waals surface area contributed by atoms with Gasteiger partial charge in [-0.05, 0) is 20.8 Å². The SMILES string of the molecule is C=CCS(=O)(=O)CCN(O)C(C)(C)C. The summed E-state index contributed by atoms with van der Waals surface area (Å²) in [5.41, 5.74) is -0.427. The van der Waals surface area contributed by atoms with Crippen molar-refractivity contribution in [2.75, 3.05) is 18.1 Å². The number of hydrogen-bond acceptors (Lipinski definition) is 4. The molecule has 0 rings (SSSR count). The Morgan fingerprint density at radius 3 is 2.29 bits per heavy atom. The van der Waals surface area contributed by atoms with E-state index in [1.54, 1.807) is 0 Å². The van der Waals surface area contributed by atoms with Gasteiger partial charge in [0.15, 0.2) is 9.84 Å². The van der Waals surface area contributed by atoms with E-state index in [1.165, 1.54) is 6.08 Å². The van der Waals surface area contributed by atoms with Gasteiger partial charge in [0, 0.05) is 12.1 Å². The van der Waals surface area contributed by atoms with E-state index < -0.39 is 15.4 Å². The highest BCUT2D eigenvalue weighted by Gasteiger charge is 2.21. The molecule has 0 heterocycles. The molecule has 0 radical (unpaired) electrons. The normalized spacial score (nSPS) is 13.2. The summed E-state index contributed by atoms with van der Waals surface area (Å²) in [6, 6.07) is 0. The average Bonchev–Trinajstić information content (AvgIpc) is 1.98. The van der Waals surface area contributed by atoms with Crippen molar-refractivity contribution in [1.82, 2.24) is 5.06 Å². The summed E-state index contributed by atoms with van der Waals surface area (Å²) >= 11 is 0. The molecule has 0 saturated heterocycles. The fourth-order valence-corrected chi connectivity index (χ4v) is 1.80. The van der Waals surface area contributed by atoms with Gasteiger partial charge < -0.3 is 5.21 Å². The molecule has 0 bridgehead atoms. The third-order valence-corrected chi connectivity index (χ3v) is 3.31. The van der Waals surface area contributed by atoms with E-state index in [1.807, 2.05) is 20.8 Å². The Morgan fingerprint density at radius 2 is 1.93 bits per heavy atom. The molecule has 0 aliphatic rings. The number of nitrogens with zero attached hydrogens (tertiary/aromatic N) is 1. The molecule has 84 valence electrons. The monoisotopic (exact) mass is 221 g/mol. The van der Waals surface area contributed by atoms with Crippen molar-refractivity contribution in [3.05, 3.63) is 12.7 Å². The van der Waals surface area contributed by atoms with Crippen LogP contribution in [0.3, 0.4) is 0 Å². The van der Waals surface area contributed by atoms with Gasteiger partial charge >= 0.3 is 0 Å². The number of hydrogen-bond donors (Lipinski definition) is 1. The molecular weight excluding hydrogens is 202 g/mol. The van der Waals surface area contributed by atoms with Crippen molar-refractivity contribution < 1.29 is 13.6 Å². The highest BCUT2D eigenvalue weighted by atomic mass is 32.2. The first-order valence-corrected chi connectivity index (χ1v) is 6.29. The lowest BCUT2D eigenvalue weighted by molar-refractivity contribution is -0.150. The van der Waals surface area contributed by atoms with E-state index in [0.717, 1.165) is 5.06 Å². The molecule has 5 heteroatoms. The van der Waals surface area contributed by atoms with Gasteiger partial charge in [-0.1, -0.05) is 6.08 Å². The molecule has 1 N–H and O–H groups in total. The molecule has 0 aliphatic heterocycles. The smallest absolute Gasteiger partial charge is 0.155 e. The predicted molar refractivity (Wildman–Crippen MR) is 57.1 cm³/mol. The maximum atomic E-state index is 11.3. The van der Waals surface area contributed by atoms with Crippen LogP contribution in [0.5, 0.6) is 0 Å². The van der Waals surface area contributed by atoms with Crippen molar-refractivity contribution in [3.8, 4) is 0 Å². The summed E-state index contributed by atoms with van der Waals surface area (Å²) in [6.07, 6.45) is 1.36. The zero-order valence-electron chi connectivity index (χ0n) is 9.02. The second-order valence-electron chi connectivity index (χ2n) is 4.20. The molecule has 14 heavy (non-hydrogen) atoms. The van der Waals surface area contributed by atoms with Crippen LogP contribution < -0.4 is 0 Å². The van der Waals surface area contributed by atoms with Crippen molar-refractivity contribution in [2.24, 2.45) is 0 Å². The zero-order valence-corrected chi connectivity index (χ0v) is 9.84. The van der Waals surface area contributed by atoms with Crippen LogP contribution in [-0.4, -0.2) is 42.3 Å². The maximum Gasteiger partial charge on any atom is 0.155 e. The molecule has 0 saturated carbocycles. The topological polar surface area (TPSA) is 57.6 Å². The lowest BCUT2D eigenvalue weighted by Crippen LogP contribution is -2.41. The highest BCUT2D eigenvalue weighted by Crippen LogP contribution is 2.09. The number of rotatable bonds is 5. The summed E-state index contributed by atoms with van der Waals surface area (Å²) in [5.74, 6) is -0.0855. The van der Waals surface area contributed by atoms with E-state index in [-0.39, 0.29) is 18.1 Å². The number of sulfone groups is 1. The van der Waals surface area contributed by atoms with Gasteiger partial charge in [0.25, 0.3) is 0 Å². The van der Waals surface area contributed by atoms with Crippen LogP contribution in [0.1, 0.15) is 20.8 Å². The Bertz CT molecular complexity index is 277. The minimum Gasteiger partial charge on any atom is -0.313 e. The summed E-state index contributed by atoms with van der Waals surface area (Å²) in [5, 5.41) is 10.5. The third-order valence-electron chi connectivity index (χ3n) is 1.76. The minimum absolute atomic E-state index is 0.0367. The Kier molecular flexibility index (Phi) is 4.77. The molecule has 0 atom stereocenters. The maximum absolute atomic E-state index is 11.3. The first-order valence-electron chi connectivity index (χ1n) is 4.47. The van der Waals surface area contributed by atoms with Gasteiger partial charge in [0.2, 0.25) is 0 Å². The van der Waals surface area contributed by atoms with Gasteiger partial charge in [0.1, 0.15) is 0 Å². The second-order valence-corrected chi connectivity index (χ2v) is 6.43. The molecule has 0 aliphatic carbocycles. The summed E-state index contributed by atoms with van der Waals surface area (Å²) in [4.78, 5) is 0. The first-order chi connectivity index (χ1) is 6.19. The van der Waals surface area contributed by atoms with Gasteiger partial charge in [-0.15, -0.1) is 6.58 Å². The van der Waals surface area contributed by atoms with Gasteiger partial charge in [0.05, 0.1) is 11.5 Å². The van der Waals surface area contributed by atoms with Crippen molar-refractivity contribution >= 4 is 9.84 Å². The van der Waals surface area contributed by atoms with Crippen LogP contribution in [0.2, 0.25) is 0 Å². The summed E-state index contributed by atoms with van der Waals surface area (Å²) in [7, 11) is -3.11. The van der Waals surface area contributed by atoms with Crippen LogP contribution in [0.25, 0.3) is 0 Å².